The van der Waals surface area contributed by atoms with Gasteiger partial charge in [-0.05, 0) is 62.7 Å². The Morgan fingerprint density at radius 1 is 0.816 bits per heavy atom. The summed E-state index contributed by atoms with van der Waals surface area (Å²) in [5.41, 5.74) is 2.19. The molecule has 2 aromatic rings. The van der Waals surface area contributed by atoms with E-state index in [0.29, 0.717) is 43.6 Å². The Kier molecular flexibility index (Phi) is 10.5. The topological polar surface area (TPSA) is 64.7 Å². The number of carbonyl (C=O) groups is 2. The first-order valence-electron chi connectivity index (χ1n) is 14.2. The number of likely N-dealkylation sites (N-methyl/N-ethyl adjacent to an activating group) is 1. The van der Waals surface area contributed by atoms with Gasteiger partial charge in [-0.3, -0.25) is 9.59 Å². The maximum Gasteiger partial charge on any atom is 0.227 e. The van der Waals surface area contributed by atoms with Crippen LogP contribution in [0.3, 0.4) is 0 Å². The number of carbonyl (C=O) groups excluding carboxylic acids is 2. The second kappa shape index (κ2) is 14.3. The van der Waals surface area contributed by atoms with Crippen LogP contribution in [0.25, 0.3) is 0 Å². The van der Waals surface area contributed by atoms with Crippen LogP contribution >= 0.6 is 0 Å². The molecule has 3 atom stereocenters. The number of piperidine rings is 2. The van der Waals surface area contributed by atoms with E-state index in [1.54, 1.807) is 0 Å². The summed E-state index contributed by atoms with van der Waals surface area (Å²) in [5.74, 6) is 0.454. The summed E-state index contributed by atoms with van der Waals surface area (Å²) in [4.78, 5) is 28.8. The van der Waals surface area contributed by atoms with Crippen molar-refractivity contribution in [2.45, 2.75) is 75.5 Å². The lowest BCUT2D eigenvalue weighted by Gasteiger charge is -2.35. The Morgan fingerprint density at radius 3 is 1.87 bits per heavy atom. The van der Waals surface area contributed by atoms with Gasteiger partial charge in [0.05, 0.1) is 12.8 Å². The zero-order valence-corrected chi connectivity index (χ0v) is 22.9. The molecule has 204 valence electrons. The Bertz CT molecular complexity index is 1010. The summed E-state index contributed by atoms with van der Waals surface area (Å²) in [6, 6.07) is 22.0. The van der Waals surface area contributed by atoms with Crippen LogP contribution < -0.4 is 10.6 Å². The van der Waals surface area contributed by atoms with Crippen molar-refractivity contribution >= 4 is 11.8 Å². The highest BCUT2D eigenvalue weighted by atomic mass is 16.2. The molecule has 0 saturated carbocycles. The highest BCUT2D eigenvalue weighted by molar-refractivity contribution is 5.79. The van der Waals surface area contributed by atoms with Crippen molar-refractivity contribution in [3.63, 3.8) is 0 Å². The molecule has 0 aromatic heterocycles. The first kappa shape index (κ1) is 28.1. The van der Waals surface area contributed by atoms with Crippen LogP contribution in [0.4, 0.5) is 0 Å². The molecule has 5 rings (SSSR count). The predicted octanol–water partition coefficient (Wildman–Crippen LogP) is 3.97. The fraction of sp³-hybridized carbons (Fsp3) is 0.500. The molecule has 0 aliphatic carbocycles. The predicted molar refractivity (Wildman–Crippen MR) is 154 cm³/mol. The summed E-state index contributed by atoms with van der Waals surface area (Å²) >= 11 is 0. The number of benzene rings is 2. The van der Waals surface area contributed by atoms with Gasteiger partial charge >= 0.3 is 0 Å². The molecule has 38 heavy (non-hydrogen) atoms. The van der Waals surface area contributed by atoms with E-state index in [-0.39, 0.29) is 11.8 Å². The van der Waals surface area contributed by atoms with Crippen LogP contribution in [0.2, 0.25) is 0 Å². The third kappa shape index (κ3) is 8.02. The van der Waals surface area contributed by atoms with Crippen molar-refractivity contribution in [1.29, 1.82) is 0 Å². The van der Waals surface area contributed by atoms with Crippen LogP contribution in [0.5, 0.6) is 0 Å². The lowest BCUT2D eigenvalue weighted by molar-refractivity contribution is -0.133. The zero-order valence-electron chi connectivity index (χ0n) is 22.9. The van der Waals surface area contributed by atoms with E-state index in [2.05, 4.69) is 17.2 Å². The summed E-state index contributed by atoms with van der Waals surface area (Å²) in [5, 5.41) is 6.96. The van der Waals surface area contributed by atoms with Gasteiger partial charge in [0.25, 0.3) is 0 Å². The normalized spacial score (nSPS) is 22.6. The second-order valence-corrected chi connectivity index (χ2v) is 10.9. The van der Waals surface area contributed by atoms with Crippen molar-refractivity contribution in [3.05, 3.63) is 84.4 Å². The van der Waals surface area contributed by atoms with Crippen LogP contribution in [-0.2, 0) is 22.4 Å². The quantitative estimate of drug-likeness (QED) is 0.522. The molecule has 3 aliphatic rings. The summed E-state index contributed by atoms with van der Waals surface area (Å²) in [7, 11) is 1.97. The molecule has 6 nitrogen and oxygen atoms in total. The Hall–Kier alpha value is -2.96. The molecular formula is C32H44N4O2. The van der Waals surface area contributed by atoms with Gasteiger partial charge in [0.15, 0.2) is 0 Å². The van der Waals surface area contributed by atoms with Crippen molar-refractivity contribution in [2.75, 3.05) is 26.7 Å². The highest BCUT2D eigenvalue weighted by Gasteiger charge is 2.36. The summed E-state index contributed by atoms with van der Waals surface area (Å²) < 4.78 is 0. The fourth-order valence-corrected chi connectivity index (χ4v) is 6.03. The molecule has 2 N–H and O–H groups in total. The Morgan fingerprint density at radius 2 is 1.34 bits per heavy atom. The zero-order chi connectivity index (χ0) is 26.7. The first-order valence-corrected chi connectivity index (χ1v) is 14.2. The van der Waals surface area contributed by atoms with E-state index in [4.69, 9.17) is 0 Å². The average Bonchev–Trinajstić information content (AvgIpc) is 3.30. The van der Waals surface area contributed by atoms with Gasteiger partial charge in [-0.15, -0.1) is 6.58 Å². The van der Waals surface area contributed by atoms with Gasteiger partial charge in [-0.1, -0.05) is 66.7 Å². The van der Waals surface area contributed by atoms with Gasteiger partial charge in [0.2, 0.25) is 11.8 Å². The highest BCUT2D eigenvalue weighted by Crippen LogP contribution is 2.29. The van der Waals surface area contributed by atoms with Crippen LogP contribution in [0.1, 0.15) is 49.7 Å². The molecule has 3 saturated heterocycles. The van der Waals surface area contributed by atoms with E-state index in [9.17, 15) is 9.59 Å². The molecule has 0 radical (unpaired) electrons. The molecule has 6 heteroatoms. The number of nitrogens with zero attached hydrogens (tertiary/aromatic N) is 2. The van der Waals surface area contributed by atoms with E-state index >= 15 is 0 Å². The standard InChI is InChI=1S/2C16H22N2O/c1-18(15-10-13-7-8-14(11-15)17-13)16(19)9-12-5-3-2-4-6-12;1-2-12-18(15-8-10-17-11-9-15)16(19)13-14-6-4-3-5-7-14/h2-6,13-15,17H,7-11H2,1H3;2-7,15,17H,1,8-13H2/t13-,14+,15?;. The largest absolute Gasteiger partial charge is 0.342 e. The van der Waals surface area contributed by atoms with Gasteiger partial charge in [0.1, 0.15) is 0 Å². The Labute approximate surface area is 228 Å². The minimum atomic E-state index is 0.206. The van der Waals surface area contributed by atoms with Crippen LogP contribution in [0, 0.1) is 0 Å². The summed E-state index contributed by atoms with van der Waals surface area (Å²) in [6.07, 6.45) is 9.70. The number of hydrogen-bond acceptors (Lipinski definition) is 4. The minimum Gasteiger partial charge on any atom is -0.342 e. The number of hydrogen-bond donors (Lipinski definition) is 2. The molecule has 3 aliphatic heterocycles. The van der Waals surface area contributed by atoms with Crippen molar-refractivity contribution in [2.24, 2.45) is 0 Å². The van der Waals surface area contributed by atoms with Gasteiger partial charge in [0, 0.05) is 37.8 Å². The van der Waals surface area contributed by atoms with Crippen molar-refractivity contribution in [3.8, 4) is 0 Å². The lowest BCUT2D eigenvalue weighted by atomic mass is 9.98. The van der Waals surface area contributed by atoms with E-state index in [0.717, 1.165) is 49.9 Å². The molecule has 3 heterocycles. The molecular weight excluding hydrogens is 472 g/mol. The van der Waals surface area contributed by atoms with Gasteiger partial charge in [-0.25, -0.2) is 0 Å². The molecule has 1 unspecified atom stereocenters. The number of fused-ring (bicyclic) bond motifs is 2. The smallest absolute Gasteiger partial charge is 0.227 e. The molecule has 2 amide bonds. The number of nitrogens with one attached hydrogen (secondary N) is 2. The molecule has 3 fully saturated rings. The first-order chi connectivity index (χ1) is 18.5. The van der Waals surface area contributed by atoms with Crippen LogP contribution in [-0.4, -0.2) is 72.5 Å². The van der Waals surface area contributed by atoms with Gasteiger partial charge < -0.3 is 20.4 Å². The maximum absolute atomic E-state index is 12.5. The summed E-state index contributed by atoms with van der Waals surface area (Å²) in [6.45, 7) is 6.42. The maximum atomic E-state index is 12.5. The molecule has 2 bridgehead atoms. The number of amides is 2. The fourth-order valence-electron chi connectivity index (χ4n) is 6.03. The third-order valence-corrected chi connectivity index (χ3v) is 8.18. The van der Waals surface area contributed by atoms with Crippen LogP contribution in [0.15, 0.2) is 73.3 Å². The second-order valence-electron chi connectivity index (χ2n) is 10.9. The third-order valence-electron chi connectivity index (χ3n) is 8.18. The lowest BCUT2D eigenvalue weighted by Crippen LogP contribution is -2.49. The van der Waals surface area contributed by atoms with E-state index in [1.165, 1.54) is 12.8 Å². The molecule has 0 spiro atoms. The SMILES string of the molecule is C=CCN(C(=O)Cc1ccccc1)C1CCNCC1.CN(C(=O)Cc1ccccc1)C1C[C@H]2CC[C@@H](C1)N2. The number of rotatable bonds is 8. The minimum absolute atomic E-state index is 0.206. The molecule has 2 aromatic carbocycles. The monoisotopic (exact) mass is 516 g/mol. The van der Waals surface area contributed by atoms with E-state index in [1.807, 2.05) is 83.6 Å². The Balaban J connectivity index is 0.000000177. The van der Waals surface area contributed by atoms with Crippen molar-refractivity contribution in [1.82, 2.24) is 20.4 Å². The average molecular weight is 517 g/mol. The van der Waals surface area contributed by atoms with E-state index < -0.39 is 0 Å². The van der Waals surface area contributed by atoms with Crippen molar-refractivity contribution < 1.29 is 9.59 Å². The van der Waals surface area contributed by atoms with Gasteiger partial charge in [-0.2, -0.15) is 0 Å².